The van der Waals surface area contributed by atoms with E-state index in [0.717, 1.165) is 18.2 Å². The number of amides is 2. The van der Waals surface area contributed by atoms with Crippen LogP contribution in [0.25, 0.3) is 0 Å². The zero-order valence-electron chi connectivity index (χ0n) is 19.4. The smallest absolute Gasteiger partial charge is 0.408 e. The van der Waals surface area contributed by atoms with Gasteiger partial charge in [0.05, 0.1) is 13.7 Å². The van der Waals surface area contributed by atoms with Crippen molar-refractivity contribution in [2.24, 2.45) is 0 Å². The monoisotopic (exact) mass is 458 g/mol. The van der Waals surface area contributed by atoms with E-state index >= 15 is 0 Å². The first kappa shape index (κ1) is 25.7. The van der Waals surface area contributed by atoms with Crippen LogP contribution in [0.5, 0.6) is 5.75 Å². The van der Waals surface area contributed by atoms with Crippen LogP contribution in [0.15, 0.2) is 42.5 Å². The maximum atomic E-state index is 13.7. The molecule has 0 radical (unpaired) electrons. The van der Waals surface area contributed by atoms with Gasteiger partial charge >= 0.3 is 6.09 Å². The Morgan fingerprint density at radius 1 is 1.09 bits per heavy atom. The van der Waals surface area contributed by atoms with Crippen LogP contribution in [-0.4, -0.2) is 37.3 Å². The Kier molecular flexibility index (Phi) is 8.80. The minimum Gasteiger partial charge on any atom is -0.497 e. The normalized spacial score (nSPS) is 11.6. The van der Waals surface area contributed by atoms with Crippen LogP contribution >= 0.6 is 0 Å². The highest BCUT2D eigenvalue weighted by atomic mass is 19.1. The fourth-order valence-corrected chi connectivity index (χ4v) is 3.02. The Balaban J connectivity index is 2.41. The van der Waals surface area contributed by atoms with Crippen molar-refractivity contribution in [2.45, 2.75) is 45.8 Å². The minimum atomic E-state index is -1.16. The van der Waals surface area contributed by atoms with Crippen molar-refractivity contribution in [3.63, 3.8) is 0 Å². The number of carbonyl (C=O) groups excluding carboxylic acids is 2. The zero-order chi connectivity index (χ0) is 24.6. The number of rotatable bonds is 7. The van der Waals surface area contributed by atoms with E-state index in [1.807, 2.05) is 0 Å². The highest BCUT2D eigenvalue weighted by Crippen LogP contribution is 2.21. The Labute approximate surface area is 192 Å². The van der Waals surface area contributed by atoms with Crippen molar-refractivity contribution in [2.75, 3.05) is 18.6 Å². The molecule has 0 heterocycles. The van der Waals surface area contributed by atoms with Gasteiger partial charge in [0.25, 0.3) is 5.91 Å². The Morgan fingerprint density at radius 2 is 1.70 bits per heavy atom. The number of ether oxygens (including phenoxy) is 2. The second kappa shape index (κ2) is 11.3. The average molecular weight is 459 g/mol. The highest BCUT2D eigenvalue weighted by Gasteiger charge is 2.29. The molecule has 8 heteroatoms. The molecule has 0 bridgehead atoms. The molecule has 0 aliphatic heterocycles. The van der Waals surface area contributed by atoms with Gasteiger partial charge in [-0.3, -0.25) is 9.69 Å². The first-order valence-corrected chi connectivity index (χ1v) is 10.3. The van der Waals surface area contributed by atoms with Gasteiger partial charge in [0.1, 0.15) is 29.0 Å². The molecule has 0 saturated heterocycles. The van der Waals surface area contributed by atoms with Crippen LogP contribution in [0.3, 0.4) is 0 Å². The lowest BCUT2D eigenvalue weighted by Crippen LogP contribution is -2.51. The van der Waals surface area contributed by atoms with Crippen LogP contribution in [0.4, 0.5) is 19.3 Å². The molecule has 0 aliphatic carbocycles. The van der Waals surface area contributed by atoms with E-state index in [9.17, 15) is 18.4 Å². The molecule has 1 N–H and O–H groups in total. The lowest BCUT2D eigenvalue weighted by Gasteiger charge is -2.28. The molecule has 2 amide bonds. The molecule has 0 fully saturated rings. The lowest BCUT2D eigenvalue weighted by atomic mass is 10.0. The SMILES string of the molecule is CC#CCN(C(=O)[C@H](Cc1cc(F)cc(F)c1)NC(=O)OC(C)(C)C)c1ccc(OC)cc1. The van der Waals surface area contributed by atoms with Crippen LogP contribution < -0.4 is 15.0 Å². The van der Waals surface area contributed by atoms with E-state index < -0.39 is 35.3 Å². The molecular weight excluding hydrogens is 430 g/mol. The van der Waals surface area contributed by atoms with Crippen molar-refractivity contribution >= 4 is 17.7 Å². The van der Waals surface area contributed by atoms with Gasteiger partial charge in [-0.2, -0.15) is 0 Å². The molecule has 0 aliphatic rings. The molecule has 0 unspecified atom stereocenters. The van der Waals surface area contributed by atoms with Crippen LogP contribution in [0.1, 0.15) is 33.3 Å². The van der Waals surface area contributed by atoms with Crippen molar-refractivity contribution in [1.29, 1.82) is 0 Å². The molecule has 33 heavy (non-hydrogen) atoms. The summed E-state index contributed by atoms with van der Waals surface area (Å²) in [5, 5.41) is 2.54. The molecular formula is C25H28F2N2O4. The maximum absolute atomic E-state index is 13.7. The maximum Gasteiger partial charge on any atom is 0.408 e. The van der Waals surface area contributed by atoms with E-state index in [-0.39, 0.29) is 18.5 Å². The number of nitrogens with one attached hydrogen (secondary N) is 1. The highest BCUT2D eigenvalue weighted by molar-refractivity contribution is 5.99. The number of benzene rings is 2. The number of methoxy groups -OCH3 is 1. The fraction of sp³-hybridized carbons (Fsp3) is 0.360. The predicted molar refractivity (Wildman–Crippen MR) is 122 cm³/mol. The van der Waals surface area contributed by atoms with E-state index in [1.54, 1.807) is 52.0 Å². The summed E-state index contributed by atoms with van der Waals surface area (Å²) in [5.74, 6) is 4.11. The molecule has 2 aromatic rings. The fourth-order valence-electron chi connectivity index (χ4n) is 3.02. The standard InChI is InChI=1S/C25H28F2N2O4/c1-6-7-12-29(20-8-10-21(32-5)11-9-20)23(30)22(28-24(31)33-25(2,3)4)15-17-13-18(26)16-19(27)14-17/h8-11,13-14,16,22H,12,15H2,1-5H3,(H,28,31)/t22-/m0/s1. The largest absolute Gasteiger partial charge is 0.497 e. The summed E-state index contributed by atoms with van der Waals surface area (Å²) in [6.45, 7) is 6.75. The Morgan fingerprint density at radius 3 is 2.21 bits per heavy atom. The summed E-state index contributed by atoms with van der Waals surface area (Å²) in [6.07, 6.45) is -0.979. The summed E-state index contributed by atoms with van der Waals surface area (Å²) in [5.41, 5.74) is -0.0745. The molecule has 2 rings (SSSR count). The average Bonchev–Trinajstić information content (AvgIpc) is 2.71. The van der Waals surface area contributed by atoms with E-state index in [0.29, 0.717) is 11.4 Å². The Bertz CT molecular complexity index is 1020. The third kappa shape index (κ3) is 8.11. The molecule has 0 aromatic heterocycles. The number of hydrogen-bond acceptors (Lipinski definition) is 4. The van der Waals surface area contributed by atoms with Gasteiger partial charge < -0.3 is 14.8 Å². The van der Waals surface area contributed by atoms with Gasteiger partial charge in [-0.1, -0.05) is 5.92 Å². The van der Waals surface area contributed by atoms with Crippen molar-refractivity contribution in [1.82, 2.24) is 5.32 Å². The molecule has 176 valence electrons. The number of nitrogens with zero attached hydrogens (tertiary/aromatic N) is 1. The quantitative estimate of drug-likeness (QED) is 0.622. The van der Waals surface area contributed by atoms with Gasteiger partial charge in [-0.25, -0.2) is 13.6 Å². The van der Waals surface area contributed by atoms with Crippen LogP contribution in [-0.2, 0) is 16.0 Å². The molecule has 0 saturated carbocycles. The summed E-state index contributed by atoms with van der Waals surface area (Å²) in [4.78, 5) is 27.4. The molecule has 2 aromatic carbocycles. The number of alkyl carbamates (subject to hydrolysis) is 1. The minimum absolute atomic E-state index is 0.0473. The van der Waals surface area contributed by atoms with E-state index in [4.69, 9.17) is 9.47 Å². The van der Waals surface area contributed by atoms with Crippen molar-refractivity contribution in [3.8, 4) is 17.6 Å². The molecule has 0 spiro atoms. The summed E-state index contributed by atoms with van der Waals surface area (Å²) in [6, 6.07) is 8.54. The van der Waals surface area contributed by atoms with Crippen LogP contribution in [0.2, 0.25) is 0 Å². The van der Waals surface area contributed by atoms with Gasteiger partial charge in [-0.15, -0.1) is 5.92 Å². The number of carbonyl (C=O) groups is 2. The van der Waals surface area contributed by atoms with Crippen molar-refractivity contribution in [3.05, 3.63) is 59.7 Å². The zero-order valence-corrected chi connectivity index (χ0v) is 19.4. The topological polar surface area (TPSA) is 67.9 Å². The van der Waals surface area contributed by atoms with Gasteiger partial charge in [0.2, 0.25) is 0 Å². The molecule has 6 nitrogen and oxygen atoms in total. The summed E-state index contributed by atoms with van der Waals surface area (Å²) >= 11 is 0. The van der Waals surface area contributed by atoms with Crippen molar-refractivity contribution < 1.29 is 27.8 Å². The second-order valence-electron chi connectivity index (χ2n) is 8.23. The predicted octanol–water partition coefficient (Wildman–Crippen LogP) is 4.47. The van der Waals surface area contributed by atoms with Gasteiger partial charge in [0.15, 0.2) is 0 Å². The first-order chi connectivity index (χ1) is 15.5. The number of halogens is 2. The van der Waals surface area contributed by atoms with E-state index in [1.165, 1.54) is 12.0 Å². The van der Waals surface area contributed by atoms with E-state index in [2.05, 4.69) is 17.2 Å². The third-order valence-corrected chi connectivity index (χ3v) is 4.42. The number of hydrogen-bond donors (Lipinski definition) is 1. The van der Waals surface area contributed by atoms with Gasteiger partial charge in [0, 0.05) is 18.2 Å². The second-order valence-corrected chi connectivity index (χ2v) is 8.23. The third-order valence-electron chi connectivity index (χ3n) is 4.42. The van der Waals surface area contributed by atoms with Gasteiger partial charge in [-0.05, 0) is 69.7 Å². The molecule has 1 atom stereocenters. The summed E-state index contributed by atoms with van der Waals surface area (Å²) in [7, 11) is 1.53. The van der Waals surface area contributed by atoms with Crippen LogP contribution in [0, 0.1) is 23.5 Å². The Hall–Kier alpha value is -3.60. The number of anilines is 1. The summed E-state index contributed by atoms with van der Waals surface area (Å²) < 4.78 is 37.9. The lowest BCUT2D eigenvalue weighted by molar-refractivity contribution is -0.120. The first-order valence-electron chi connectivity index (χ1n) is 10.3.